The Kier molecular flexibility index (Phi) is 9.40. The smallest absolute Gasteiger partial charge is 0.191 e. The van der Waals surface area contributed by atoms with Crippen molar-refractivity contribution in [2.75, 3.05) is 44.2 Å². The maximum absolute atomic E-state index is 11.4. The van der Waals surface area contributed by atoms with Gasteiger partial charge in [-0.1, -0.05) is 6.07 Å². The normalized spacial score (nSPS) is 18.2. The van der Waals surface area contributed by atoms with Crippen LogP contribution in [0, 0.1) is 0 Å². The van der Waals surface area contributed by atoms with Gasteiger partial charge in [0.15, 0.2) is 15.8 Å². The van der Waals surface area contributed by atoms with Gasteiger partial charge in [0.1, 0.15) is 0 Å². The topological polar surface area (TPSA) is 73.8 Å². The van der Waals surface area contributed by atoms with Gasteiger partial charge in [0.25, 0.3) is 0 Å². The second kappa shape index (κ2) is 10.5. The van der Waals surface area contributed by atoms with Gasteiger partial charge in [-0.3, -0.25) is 4.90 Å². The summed E-state index contributed by atoms with van der Waals surface area (Å²) in [5, 5.41) is 8.58. The number of guanidine groups is 1. The molecule has 6 nitrogen and oxygen atoms in total. The fourth-order valence-corrected chi connectivity index (χ4v) is 4.11. The molecule has 0 aliphatic carbocycles. The van der Waals surface area contributed by atoms with Crippen molar-refractivity contribution in [2.45, 2.75) is 13.5 Å². The molecule has 1 aromatic rings. The molecule has 0 aromatic carbocycles. The van der Waals surface area contributed by atoms with Gasteiger partial charge in [0.05, 0.1) is 18.1 Å². The van der Waals surface area contributed by atoms with Gasteiger partial charge < -0.3 is 10.6 Å². The van der Waals surface area contributed by atoms with Crippen LogP contribution in [0.25, 0.3) is 0 Å². The maximum Gasteiger partial charge on any atom is 0.191 e. The van der Waals surface area contributed by atoms with Gasteiger partial charge in [0.2, 0.25) is 0 Å². The molecule has 1 fully saturated rings. The minimum absolute atomic E-state index is 0. The summed E-state index contributed by atoms with van der Waals surface area (Å²) < 4.78 is 22.8. The summed E-state index contributed by atoms with van der Waals surface area (Å²) in [6, 6.07) is 4.10. The highest BCUT2D eigenvalue weighted by atomic mass is 127. The van der Waals surface area contributed by atoms with Crippen molar-refractivity contribution in [3.05, 3.63) is 22.4 Å². The Hall–Kier alpha value is -0.390. The molecule has 0 unspecified atom stereocenters. The average Bonchev–Trinajstić information content (AvgIpc) is 3.00. The Bertz CT molecular complexity index is 562. The number of aliphatic imine (C=N–C) groups is 1. The lowest BCUT2D eigenvalue weighted by Gasteiger charge is -2.26. The third kappa shape index (κ3) is 7.81. The average molecular weight is 472 g/mol. The van der Waals surface area contributed by atoms with Crippen molar-refractivity contribution < 1.29 is 8.42 Å². The van der Waals surface area contributed by atoms with Crippen LogP contribution in [0.4, 0.5) is 0 Å². The monoisotopic (exact) mass is 472 g/mol. The van der Waals surface area contributed by atoms with E-state index >= 15 is 0 Å². The number of hydrogen-bond acceptors (Lipinski definition) is 5. The van der Waals surface area contributed by atoms with Crippen LogP contribution in [0.2, 0.25) is 0 Å². The lowest BCUT2D eigenvalue weighted by atomic mass is 10.4. The molecular weight excluding hydrogens is 447 g/mol. The molecule has 23 heavy (non-hydrogen) atoms. The molecule has 0 atom stereocenters. The number of hydrogen-bond donors (Lipinski definition) is 2. The molecule has 0 bridgehead atoms. The molecule has 2 N–H and O–H groups in total. The van der Waals surface area contributed by atoms with Crippen LogP contribution in [0.15, 0.2) is 22.5 Å². The Labute approximate surface area is 159 Å². The fourth-order valence-electron chi connectivity index (χ4n) is 2.21. The largest absolute Gasteiger partial charge is 0.357 e. The van der Waals surface area contributed by atoms with Crippen LogP contribution in [-0.2, 0) is 16.4 Å². The van der Waals surface area contributed by atoms with Crippen molar-refractivity contribution in [3.63, 3.8) is 0 Å². The predicted octanol–water partition coefficient (Wildman–Crippen LogP) is 1.15. The van der Waals surface area contributed by atoms with Crippen LogP contribution >= 0.6 is 35.3 Å². The van der Waals surface area contributed by atoms with Crippen molar-refractivity contribution >= 4 is 51.1 Å². The Morgan fingerprint density at radius 1 is 1.35 bits per heavy atom. The molecule has 0 saturated carbocycles. The number of nitrogens with one attached hydrogen (secondary N) is 2. The molecule has 9 heteroatoms. The number of thiophene rings is 1. The first-order valence-corrected chi connectivity index (χ1v) is 10.3. The van der Waals surface area contributed by atoms with Crippen molar-refractivity contribution in [2.24, 2.45) is 4.99 Å². The number of rotatable bonds is 6. The number of nitrogens with zero attached hydrogens (tertiary/aromatic N) is 2. The van der Waals surface area contributed by atoms with Crippen molar-refractivity contribution in [1.82, 2.24) is 15.5 Å². The standard InChI is InChI=1S/C14H24N4O2S2.HI/c1-2-15-14(17-12-13-4-3-9-21-13)16-5-6-18-7-10-22(19,20)11-8-18;/h3-4,9H,2,5-8,10-12H2,1H3,(H2,15,16,17);1H. The zero-order valence-corrected chi connectivity index (χ0v) is 17.3. The lowest BCUT2D eigenvalue weighted by molar-refractivity contribution is 0.299. The van der Waals surface area contributed by atoms with Gasteiger partial charge in [-0.15, -0.1) is 35.3 Å². The summed E-state index contributed by atoms with van der Waals surface area (Å²) in [6.45, 7) is 6.39. The highest BCUT2D eigenvalue weighted by molar-refractivity contribution is 14.0. The SMILES string of the molecule is CCNC(=NCc1cccs1)NCCN1CCS(=O)(=O)CC1.I. The van der Waals surface area contributed by atoms with Gasteiger partial charge in [-0.2, -0.15) is 0 Å². The van der Waals surface area contributed by atoms with E-state index < -0.39 is 9.84 Å². The van der Waals surface area contributed by atoms with E-state index in [-0.39, 0.29) is 35.5 Å². The molecule has 0 spiro atoms. The highest BCUT2D eigenvalue weighted by Gasteiger charge is 2.20. The summed E-state index contributed by atoms with van der Waals surface area (Å²) >= 11 is 1.70. The zero-order chi connectivity index (χ0) is 15.8. The van der Waals surface area contributed by atoms with E-state index in [1.54, 1.807) is 11.3 Å². The maximum atomic E-state index is 11.4. The number of sulfone groups is 1. The van der Waals surface area contributed by atoms with E-state index in [0.29, 0.717) is 19.6 Å². The van der Waals surface area contributed by atoms with Crippen LogP contribution in [0.5, 0.6) is 0 Å². The molecule has 1 saturated heterocycles. The fraction of sp³-hybridized carbons (Fsp3) is 0.643. The van der Waals surface area contributed by atoms with E-state index in [0.717, 1.165) is 25.6 Å². The Morgan fingerprint density at radius 2 is 2.09 bits per heavy atom. The first kappa shape index (κ1) is 20.7. The highest BCUT2D eigenvalue weighted by Crippen LogP contribution is 2.09. The molecule has 132 valence electrons. The van der Waals surface area contributed by atoms with Crippen molar-refractivity contribution in [3.8, 4) is 0 Å². The zero-order valence-electron chi connectivity index (χ0n) is 13.3. The van der Waals surface area contributed by atoms with E-state index in [9.17, 15) is 8.42 Å². The second-order valence-corrected chi connectivity index (χ2v) is 8.53. The van der Waals surface area contributed by atoms with Gasteiger partial charge >= 0.3 is 0 Å². The lowest BCUT2D eigenvalue weighted by Crippen LogP contribution is -2.45. The quantitative estimate of drug-likeness (QED) is 0.369. The summed E-state index contributed by atoms with van der Waals surface area (Å²) in [4.78, 5) is 7.96. The van der Waals surface area contributed by atoms with Crippen molar-refractivity contribution in [1.29, 1.82) is 0 Å². The Morgan fingerprint density at radius 3 is 2.70 bits per heavy atom. The van der Waals surface area contributed by atoms with Gasteiger partial charge in [-0.05, 0) is 18.4 Å². The molecule has 1 aliphatic heterocycles. The molecule has 1 aliphatic rings. The molecule has 0 radical (unpaired) electrons. The van der Waals surface area contributed by atoms with E-state index in [1.807, 2.05) is 13.0 Å². The van der Waals surface area contributed by atoms with Crippen LogP contribution in [-0.4, -0.2) is 63.5 Å². The molecule has 2 rings (SSSR count). The minimum Gasteiger partial charge on any atom is -0.357 e. The van der Waals surface area contributed by atoms with Gasteiger partial charge in [0, 0.05) is 37.6 Å². The molecular formula is C14H25IN4O2S2. The first-order chi connectivity index (χ1) is 10.6. The second-order valence-electron chi connectivity index (χ2n) is 5.19. The third-order valence-electron chi connectivity index (χ3n) is 3.47. The van der Waals surface area contributed by atoms with Gasteiger partial charge in [-0.25, -0.2) is 13.4 Å². The summed E-state index contributed by atoms with van der Waals surface area (Å²) in [5.41, 5.74) is 0. The summed E-state index contributed by atoms with van der Waals surface area (Å²) in [7, 11) is -2.80. The van der Waals surface area contributed by atoms with E-state index in [4.69, 9.17) is 0 Å². The molecule has 1 aromatic heterocycles. The molecule has 0 amide bonds. The van der Waals surface area contributed by atoms with E-state index in [2.05, 4.69) is 32.0 Å². The summed E-state index contributed by atoms with van der Waals surface area (Å²) in [6.07, 6.45) is 0. The molecule has 2 heterocycles. The van der Waals surface area contributed by atoms with Crippen LogP contribution in [0.3, 0.4) is 0 Å². The predicted molar refractivity (Wildman–Crippen MR) is 108 cm³/mol. The van der Waals surface area contributed by atoms with Crippen LogP contribution in [0.1, 0.15) is 11.8 Å². The number of halogens is 1. The van der Waals surface area contributed by atoms with E-state index in [1.165, 1.54) is 4.88 Å². The summed E-state index contributed by atoms with van der Waals surface area (Å²) in [5.74, 6) is 1.36. The third-order valence-corrected chi connectivity index (χ3v) is 5.95. The Balaban J connectivity index is 0.00000264. The minimum atomic E-state index is -2.80. The van der Waals surface area contributed by atoms with Crippen LogP contribution < -0.4 is 10.6 Å². The first-order valence-electron chi connectivity index (χ1n) is 7.56.